The van der Waals surface area contributed by atoms with E-state index < -0.39 is 23.8 Å². The molecule has 4 nitrogen and oxygen atoms in total. The van der Waals surface area contributed by atoms with Gasteiger partial charge in [0.1, 0.15) is 5.82 Å². The van der Waals surface area contributed by atoms with Gasteiger partial charge in [-0.2, -0.15) is 0 Å². The average molecular weight is 329 g/mol. The van der Waals surface area contributed by atoms with Crippen molar-refractivity contribution in [2.75, 3.05) is 5.32 Å². The fraction of sp³-hybridized carbons (Fsp3) is 0.263. The minimum absolute atomic E-state index is 0.371. The van der Waals surface area contributed by atoms with Gasteiger partial charge in [-0.3, -0.25) is 4.79 Å². The second-order valence-corrected chi connectivity index (χ2v) is 5.82. The standard InChI is InChI=1S/C19H20FNO3/c1-12(2)14-4-6-15(7-5-14)19(23)24-13(3)18(22)21-17-10-8-16(20)9-11-17/h4-13H,1-3H3,(H,21,22)/t13-/m0/s1. The molecular weight excluding hydrogens is 309 g/mol. The quantitative estimate of drug-likeness (QED) is 0.839. The number of hydrogen-bond acceptors (Lipinski definition) is 3. The number of carbonyl (C=O) groups is 2. The molecule has 1 atom stereocenters. The zero-order valence-electron chi connectivity index (χ0n) is 13.9. The van der Waals surface area contributed by atoms with Gasteiger partial charge in [-0.1, -0.05) is 26.0 Å². The van der Waals surface area contributed by atoms with E-state index in [-0.39, 0.29) is 0 Å². The summed E-state index contributed by atoms with van der Waals surface area (Å²) >= 11 is 0. The van der Waals surface area contributed by atoms with Crippen LogP contribution in [0.4, 0.5) is 10.1 Å². The van der Waals surface area contributed by atoms with E-state index in [2.05, 4.69) is 19.2 Å². The lowest BCUT2D eigenvalue weighted by molar-refractivity contribution is -0.123. The molecule has 1 amide bonds. The minimum atomic E-state index is -0.965. The molecule has 5 heteroatoms. The number of esters is 1. The Kier molecular flexibility index (Phi) is 5.68. The van der Waals surface area contributed by atoms with E-state index in [4.69, 9.17) is 4.74 Å². The van der Waals surface area contributed by atoms with E-state index in [0.29, 0.717) is 17.2 Å². The second kappa shape index (κ2) is 7.73. The summed E-state index contributed by atoms with van der Waals surface area (Å²) in [5, 5.41) is 2.57. The van der Waals surface area contributed by atoms with Gasteiger partial charge in [-0.25, -0.2) is 9.18 Å². The van der Waals surface area contributed by atoms with Gasteiger partial charge in [-0.15, -0.1) is 0 Å². The first-order chi connectivity index (χ1) is 11.4. The summed E-state index contributed by atoms with van der Waals surface area (Å²) in [6, 6.07) is 12.4. The highest BCUT2D eigenvalue weighted by Crippen LogP contribution is 2.16. The van der Waals surface area contributed by atoms with Crippen molar-refractivity contribution in [3.63, 3.8) is 0 Å². The van der Waals surface area contributed by atoms with Crippen molar-refractivity contribution >= 4 is 17.6 Å². The van der Waals surface area contributed by atoms with Crippen LogP contribution in [0.3, 0.4) is 0 Å². The number of rotatable bonds is 5. The Morgan fingerprint density at radius 1 is 0.958 bits per heavy atom. The predicted octanol–water partition coefficient (Wildman–Crippen LogP) is 4.13. The highest BCUT2D eigenvalue weighted by molar-refractivity contribution is 5.97. The maximum Gasteiger partial charge on any atom is 0.338 e. The van der Waals surface area contributed by atoms with E-state index in [0.717, 1.165) is 5.56 Å². The first-order valence-corrected chi connectivity index (χ1v) is 7.74. The van der Waals surface area contributed by atoms with Crippen molar-refractivity contribution in [3.8, 4) is 0 Å². The van der Waals surface area contributed by atoms with Crippen LogP contribution in [0.15, 0.2) is 48.5 Å². The van der Waals surface area contributed by atoms with E-state index in [9.17, 15) is 14.0 Å². The summed E-state index contributed by atoms with van der Waals surface area (Å²) in [6.45, 7) is 5.61. The molecule has 1 N–H and O–H groups in total. The number of nitrogens with one attached hydrogen (secondary N) is 1. The monoisotopic (exact) mass is 329 g/mol. The number of halogens is 1. The lowest BCUT2D eigenvalue weighted by Gasteiger charge is -2.14. The molecule has 2 aromatic rings. The van der Waals surface area contributed by atoms with Crippen molar-refractivity contribution in [3.05, 3.63) is 65.5 Å². The fourth-order valence-corrected chi connectivity index (χ4v) is 2.06. The van der Waals surface area contributed by atoms with E-state index in [1.165, 1.54) is 31.2 Å². The van der Waals surface area contributed by atoms with Crippen LogP contribution in [0.25, 0.3) is 0 Å². The molecule has 0 radical (unpaired) electrons. The summed E-state index contributed by atoms with van der Waals surface area (Å²) in [5.41, 5.74) is 1.94. The predicted molar refractivity (Wildman–Crippen MR) is 90.4 cm³/mol. The molecule has 0 saturated heterocycles. The van der Waals surface area contributed by atoms with Gasteiger partial charge in [-0.05, 0) is 54.8 Å². The Hall–Kier alpha value is -2.69. The van der Waals surface area contributed by atoms with E-state index >= 15 is 0 Å². The van der Waals surface area contributed by atoms with Gasteiger partial charge in [0.15, 0.2) is 6.10 Å². The largest absolute Gasteiger partial charge is 0.449 e. The summed E-state index contributed by atoms with van der Waals surface area (Å²) < 4.78 is 18.0. The lowest BCUT2D eigenvalue weighted by atomic mass is 10.0. The Labute approximate surface area is 140 Å². The van der Waals surface area contributed by atoms with Crippen LogP contribution in [-0.4, -0.2) is 18.0 Å². The molecule has 2 aromatic carbocycles. The third kappa shape index (κ3) is 4.65. The van der Waals surface area contributed by atoms with Crippen LogP contribution < -0.4 is 5.32 Å². The zero-order chi connectivity index (χ0) is 17.7. The molecule has 0 fully saturated rings. The van der Waals surface area contributed by atoms with Crippen molar-refractivity contribution in [1.29, 1.82) is 0 Å². The van der Waals surface area contributed by atoms with Gasteiger partial charge in [0, 0.05) is 5.69 Å². The molecule has 2 rings (SSSR count). The summed E-state index contributed by atoms with van der Waals surface area (Å²) in [4.78, 5) is 24.1. The number of ether oxygens (including phenoxy) is 1. The van der Waals surface area contributed by atoms with Crippen molar-refractivity contribution in [1.82, 2.24) is 0 Å². The molecule has 0 aromatic heterocycles. The third-order valence-electron chi connectivity index (χ3n) is 3.58. The minimum Gasteiger partial charge on any atom is -0.449 e. The summed E-state index contributed by atoms with van der Waals surface area (Å²) in [5.74, 6) is -1.06. The third-order valence-corrected chi connectivity index (χ3v) is 3.58. The van der Waals surface area contributed by atoms with Crippen LogP contribution >= 0.6 is 0 Å². The first-order valence-electron chi connectivity index (χ1n) is 7.74. The highest BCUT2D eigenvalue weighted by Gasteiger charge is 2.19. The number of amides is 1. The Morgan fingerprint density at radius 2 is 1.54 bits per heavy atom. The summed E-state index contributed by atoms with van der Waals surface area (Å²) in [7, 11) is 0. The first kappa shape index (κ1) is 17.7. The molecule has 24 heavy (non-hydrogen) atoms. The normalized spacial score (nSPS) is 11.9. The van der Waals surface area contributed by atoms with Crippen LogP contribution in [0.5, 0.6) is 0 Å². The molecule has 0 unspecified atom stereocenters. The maximum absolute atomic E-state index is 12.8. The smallest absolute Gasteiger partial charge is 0.338 e. The Bertz CT molecular complexity index is 708. The number of benzene rings is 2. The SMILES string of the molecule is CC(C)c1ccc(C(=O)O[C@@H](C)C(=O)Nc2ccc(F)cc2)cc1. The Balaban J connectivity index is 1.94. The average Bonchev–Trinajstić information content (AvgIpc) is 2.56. The molecule has 0 saturated carbocycles. The van der Waals surface area contributed by atoms with Crippen molar-refractivity contribution in [2.24, 2.45) is 0 Å². The molecule has 0 aliphatic heterocycles. The van der Waals surface area contributed by atoms with Crippen LogP contribution in [-0.2, 0) is 9.53 Å². The molecule has 0 aliphatic rings. The molecular formula is C19H20FNO3. The van der Waals surface area contributed by atoms with Crippen LogP contribution in [0.2, 0.25) is 0 Å². The second-order valence-electron chi connectivity index (χ2n) is 5.82. The van der Waals surface area contributed by atoms with Gasteiger partial charge < -0.3 is 10.1 Å². The topological polar surface area (TPSA) is 55.4 Å². The molecule has 0 heterocycles. The number of anilines is 1. The van der Waals surface area contributed by atoms with E-state index in [1.54, 1.807) is 12.1 Å². The van der Waals surface area contributed by atoms with Crippen LogP contribution in [0, 0.1) is 5.82 Å². The maximum atomic E-state index is 12.8. The molecule has 0 spiro atoms. The molecule has 0 bridgehead atoms. The van der Waals surface area contributed by atoms with Gasteiger partial charge >= 0.3 is 5.97 Å². The van der Waals surface area contributed by atoms with Gasteiger partial charge in [0.25, 0.3) is 5.91 Å². The number of hydrogen-bond donors (Lipinski definition) is 1. The van der Waals surface area contributed by atoms with Gasteiger partial charge in [0.05, 0.1) is 5.56 Å². The number of carbonyl (C=O) groups excluding carboxylic acids is 2. The van der Waals surface area contributed by atoms with E-state index in [1.807, 2.05) is 12.1 Å². The molecule has 126 valence electrons. The van der Waals surface area contributed by atoms with Gasteiger partial charge in [0.2, 0.25) is 0 Å². The lowest BCUT2D eigenvalue weighted by Crippen LogP contribution is -2.30. The highest BCUT2D eigenvalue weighted by atomic mass is 19.1. The van der Waals surface area contributed by atoms with Crippen molar-refractivity contribution < 1.29 is 18.7 Å². The van der Waals surface area contributed by atoms with Crippen molar-refractivity contribution in [2.45, 2.75) is 32.8 Å². The fourth-order valence-electron chi connectivity index (χ4n) is 2.06. The molecule has 0 aliphatic carbocycles. The zero-order valence-corrected chi connectivity index (χ0v) is 13.9. The van der Waals surface area contributed by atoms with Crippen LogP contribution in [0.1, 0.15) is 42.6 Å². The Morgan fingerprint density at radius 3 is 2.08 bits per heavy atom. The summed E-state index contributed by atoms with van der Waals surface area (Å²) in [6.07, 6.45) is -0.965.